The Balaban J connectivity index is 4.44. The van der Waals surface area contributed by atoms with E-state index in [1.165, 1.54) is 12.2 Å². The highest BCUT2D eigenvalue weighted by Gasteiger charge is 2.32. The van der Waals surface area contributed by atoms with Crippen molar-refractivity contribution in [2.24, 2.45) is 11.5 Å². The van der Waals surface area contributed by atoms with E-state index >= 15 is 0 Å². The zero-order chi connectivity index (χ0) is 9.61. The molecule has 0 aromatic rings. The molecule has 0 aromatic heterocycles. The Morgan fingerprint density at radius 3 is 2.67 bits per heavy atom. The van der Waals surface area contributed by atoms with Gasteiger partial charge in [-0.25, -0.2) is 9.18 Å². The zero-order valence-electron chi connectivity index (χ0n) is 6.92. The van der Waals surface area contributed by atoms with Crippen molar-refractivity contribution in [1.82, 2.24) is 0 Å². The molecule has 0 aliphatic carbocycles. The van der Waals surface area contributed by atoms with Crippen molar-refractivity contribution in [3.05, 3.63) is 12.2 Å². The van der Waals surface area contributed by atoms with E-state index in [1.807, 2.05) is 0 Å². The van der Waals surface area contributed by atoms with Gasteiger partial charge in [-0.3, -0.25) is 0 Å². The lowest BCUT2D eigenvalue weighted by atomic mass is 10.0. The lowest BCUT2D eigenvalue weighted by Gasteiger charge is -2.18. The van der Waals surface area contributed by atoms with Gasteiger partial charge in [-0.1, -0.05) is 12.2 Å². The van der Waals surface area contributed by atoms with Crippen LogP contribution in [0, 0.1) is 0 Å². The van der Waals surface area contributed by atoms with E-state index in [1.54, 1.807) is 0 Å². The number of alkyl halides is 1. The second kappa shape index (κ2) is 4.84. The highest BCUT2D eigenvalue weighted by molar-refractivity contribution is 5.83. The van der Waals surface area contributed by atoms with E-state index in [9.17, 15) is 9.18 Å². The molecule has 0 aliphatic rings. The predicted octanol–water partition coefficient (Wildman–Crippen LogP) is -0.659. The fourth-order valence-corrected chi connectivity index (χ4v) is 0.636. The molecule has 0 saturated carbocycles. The molecule has 0 spiro atoms. The van der Waals surface area contributed by atoms with Gasteiger partial charge in [0.2, 0.25) is 0 Å². The third kappa shape index (κ3) is 2.60. The fraction of sp³-hybridized carbons (Fsp3) is 0.571. The number of esters is 1. The summed E-state index contributed by atoms with van der Waals surface area (Å²) in [5.41, 5.74) is 8.77. The number of carbonyl (C=O) groups excluding carboxylic acids is 1. The Labute approximate surface area is 70.4 Å². The van der Waals surface area contributed by atoms with Gasteiger partial charge in [0.25, 0.3) is 0 Å². The summed E-state index contributed by atoms with van der Waals surface area (Å²) in [4.78, 5) is 10.9. The first kappa shape index (κ1) is 11.1. The van der Waals surface area contributed by atoms with Crippen molar-refractivity contribution in [3.63, 3.8) is 0 Å². The molecular weight excluding hydrogens is 163 g/mol. The Kier molecular flexibility index (Phi) is 4.46. The van der Waals surface area contributed by atoms with Crippen LogP contribution in [0.3, 0.4) is 0 Å². The number of halogens is 1. The molecule has 1 unspecified atom stereocenters. The molecule has 5 heteroatoms. The maximum absolute atomic E-state index is 12.3. The van der Waals surface area contributed by atoms with Gasteiger partial charge in [-0.15, -0.1) is 0 Å². The lowest BCUT2D eigenvalue weighted by Crippen LogP contribution is -2.49. The summed E-state index contributed by atoms with van der Waals surface area (Å²) in [6.45, 7) is -0.799. The van der Waals surface area contributed by atoms with Gasteiger partial charge in [0, 0.05) is 6.54 Å². The Morgan fingerprint density at radius 1 is 1.75 bits per heavy atom. The van der Waals surface area contributed by atoms with Crippen LogP contribution in [0.1, 0.15) is 0 Å². The van der Waals surface area contributed by atoms with Crippen molar-refractivity contribution >= 4 is 5.97 Å². The van der Waals surface area contributed by atoms with E-state index < -0.39 is 18.2 Å². The minimum atomic E-state index is -1.69. The molecule has 4 N–H and O–H groups in total. The summed E-state index contributed by atoms with van der Waals surface area (Å²) in [6, 6.07) is 0. The molecule has 0 amide bonds. The molecule has 12 heavy (non-hydrogen) atoms. The molecule has 0 radical (unpaired) electrons. The van der Waals surface area contributed by atoms with Crippen molar-refractivity contribution < 1.29 is 13.9 Å². The molecule has 0 heterocycles. The molecule has 0 aromatic carbocycles. The Bertz CT molecular complexity index is 184. The van der Waals surface area contributed by atoms with E-state index in [0.717, 1.165) is 7.11 Å². The minimum absolute atomic E-state index is 0.204. The highest BCUT2D eigenvalue weighted by Crippen LogP contribution is 2.05. The number of rotatable bonds is 4. The molecular formula is C7H13FN2O2. The maximum Gasteiger partial charge on any atom is 0.332 e. The first-order valence-corrected chi connectivity index (χ1v) is 3.41. The van der Waals surface area contributed by atoms with Crippen LogP contribution in [0.2, 0.25) is 0 Å². The van der Waals surface area contributed by atoms with Crippen LogP contribution >= 0.6 is 0 Å². The third-order valence-electron chi connectivity index (χ3n) is 1.34. The second-order valence-corrected chi connectivity index (χ2v) is 2.30. The van der Waals surface area contributed by atoms with Crippen LogP contribution in [0.15, 0.2) is 12.2 Å². The Hall–Kier alpha value is -0.940. The van der Waals surface area contributed by atoms with Crippen molar-refractivity contribution in [3.8, 4) is 0 Å². The topological polar surface area (TPSA) is 78.3 Å². The van der Waals surface area contributed by atoms with Crippen LogP contribution in [0.4, 0.5) is 4.39 Å². The first-order valence-electron chi connectivity index (χ1n) is 3.41. The van der Waals surface area contributed by atoms with Crippen LogP contribution in [0.25, 0.3) is 0 Å². The summed E-state index contributed by atoms with van der Waals surface area (Å²) in [5, 5.41) is 0. The summed E-state index contributed by atoms with van der Waals surface area (Å²) < 4.78 is 16.6. The summed E-state index contributed by atoms with van der Waals surface area (Å²) in [6.07, 6.45) is 2.62. The number of methoxy groups -OCH3 is 1. The molecule has 4 nitrogen and oxygen atoms in total. The van der Waals surface area contributed by atoms with Gasteiger partial charge >= 0.3 is 5.97 Å². The van der Waals surface area contributed by atoms with Crippen molar-refractivity contribution in [1.29, 1.82) is 0 Å². The fourth-order valence-electron chi connectivity index (χ4n) is 0.636. The average molecular weight is 176 g/mol. The number of carbonyl (C=O) groups is 1. The van der Waals surface area contributed by atoms with E-state index in [2.05, 4.69) is 4.74 Å². The van der Waals surface area contributed by atoms with Crippen LogP contribution in [-0.2, 0) is 9.53 Å². The highest BCUT2D eigenvalue weighted by atomic mass is 19.1. The van der Waals surface area contributed by atoms with Crippen molar-refractivity contribution in [2.75, 3.05) is 20.3 Å². The summed E-state index contributed by atoms with van der Waals surface area (Å²) >= 11 is 0. The average Bonchev–Trinajstić information content (AvgIpc) is 2.12. The number of ether oxygens (including phenoxy) is 1. The van der Waals surface area contributed by atoms with Crippen molar-refractivity contribution in [2.45, 2.75) is 5.54 Å². The molecule has 0 fully saturated rings. The van der Waals surface area contributed by atoms with Gasteiger partial charge in [-0.05, 0) is 0 Å². The van der Waals surface area contributed by atoms with E-state index in [4.69, 9.17) is 11.5 Å². The standard InChI is InChI=1S/C7H13FN2O2/c1-12-6(11)7(10,5-8)3-2-4-9/h2-3H,4-5,9-10H2,1H3. The van der Waals surface area contributed by atoms with Crippen LogP contribution < -0.4 is 11.5 Å². The van der Waals surface area contributed by atoms with Gasteiger partial charge in [-0.2, -0.15) is 0 Å². The first-order chi connectivity index (χ1) is 5.60. The third-order valence-corrected chi connectivity index (χ3v) is 1.34. The molecule has 0 saturated heterocycles. The van der Waals surface area contributed by atoms with Gasteiger partial charge in [0.1, 0.15) is 6.67 Å². The van der Waals surface area contributed by atoms with Crippen LogP contribution in [0.5, 0.6) is 0 Å². The number of nitrogens with two attached hydrogens (primary N) is 2. The Morgan fingerprint density at radius 2 is 2.33 bits per heavy atom. The van der Waals surface area contributed by atoms with Gasteiger partial charge in [0.05, 0.1) is 7.11 Å². The molecule has 0 bridgehead atoms. The summed E-state index contributed by atoms with van der Waals surface area (Å²) in [5.74, 6) is -0.810. The lowest BCUT2D eigenvalue weighted by molar-refractivity contribution is -0.145. The molecule has 0 rings (SSSR count). The zero-order valence-corrected chi connectivity index (χ0v) is 6.92. The number of hydrogen-bond donors (Lipinski definition) is 2. The predicted molar refractivity (Wildman–Crippen MR) is 43.1 cm³/mol. The van der Waals surface area contributed by atoms with E-state index in [0.29, 0.717) is 0 Å². The van der Waals surface area contributed by atoms with E-state index in [-0.39, 0.29) is 6.54 Å². The minimum Gasteiger partial charge on any atom is -0.467 e. The van der Waals surface area contributed by atoms with Gasteiger partial charge < -0.3 is 16.2 Å². The van der Waals surface area contributed by atoms with Gasteiger partial charge in [0.15, 0.2) is 5.54 Å². The molecule has 1 atom stereocenters. The normalized spacial score (nSPS) is 16.0. The van der Waals surface area contributed by atoms with Crippen LogP contribution in [-0.4, -0.2) is 31.8 Å². The monoisotopic (exact) mass is 176 g/mol. The molecule has 70 valence electrons. The maximum atomic E-state index is 12.3. The smallest absolute Gasteiger partial charge is 0.332 e. The number of hydrogen-bond acceptors (Lipinski definition) is 4. The second-order valence-electron chi connectivity index (χ2n) is 2.30. The largest absolute Gasteiger partial charge is 0.467 e. The SMILES string of the molecule is COC(=O)C(N)(C=CCN)CF. The summed E-state index contributed by atoms with van der Waals surface area (Å²) in [7, 11) is 1.15. The quantitative estimate of drug-likeness (QED) is 0.440. The molecule has 0 aliphatic heterocycles.